The van der Waals surface area contributed by atoms with Crippen LogP contribution in [0.25, 0.3) is 27.9 Å². The van der Waals surface area contributed by atoms with Gasteiger partial charge in [0.2, 0.25) is 0 Å². The number of likely N-dealkylation sites (N-methyl/N-ethyl adjacent to an activating group) is 1. The second-order valence-electron chi connectivity index (χ2n) is 10.4. The third-order valence-corrected chi connectivity index (χ3v) is 9.47. The molecule has 7 heteroatoms. The molecule has 0 aliphatic carbocycles. The number of allylic oxidation sites excluding steroid dienone is 1. The molecule has 1 aliphatic heterocycles. The summed E-state index contributed by atoms with van der Waals surface area (Å²) in [6.45, 7) is 6.87. The summed E-state index contributed by atoms with van der Waals surface area (Å²) in [6.07, 6.45) is 6.54. The van der Waals surface area contributed by atoms with Crippen molar-refractivity contribution in [1.29, 1.82) is 0 Å². The molecule has 1 aliphatic rings. The summed E-state index contributed by atoms with van der Waals surface area (Å²) in [7, 11) is 0. The number of hydrogen-bond donors (Lipinski definition) is 2. The predicted octanol–water partition coefficient (Wildman–Crippen LogP) is 2.89. The Hall–Kier alpha value is -3.14. The topological polar surface area (TPSA) is 81.6 Å². The van der Waals surface area contributed by atoms with Crippen molar-refractivity contribution in [3.8, 4) is 11.3 Å². The van der Waals surface area contributed by atoms with E-state index in [2.05, 4.69) is 95.5 Å². The SMILES string of the molecule is CCC1C=C(c2ccnc3[nH]c(-c4ccc(CN(CC)CCO)cc4)cc23)C(c2ccc(CCC(=O)[I-]C)cc2)=N1. The minimum atomic E-state index is -0.326. The van der Waals surface area contributed by atoms with E-state index in [1.165, 1.54) is 11.1 Å². The molecule has 0 spiro atoms. The molecule has 1 unspecified atom stereocenters. The number of alkyl halides is 1. The van der Waals surface area contributed by atoms with Crippen molar-refractivity contribution in [1.82, 2.24) is 14.9 Å². The average Bonchev–Trinajstić information content (AvgIpc) is 3.65. The molecule has 0 amide bonds. The van der Waals surface area contributed by atoms with Gasteiger partial charge >= 0.3 is 160 Å². The van der Waals surface area contributed by atoms with Gasteiger partial charge in [-0.1, -0.05) is 31.2 Å². The van der Waals surface area contributed by atoms with Gasteiger partial charge in [0.05, 0.1) is 6.61 Å². The van der Waals surface area contributed by atoms with Crippen LogP contribution in [0.4, 0.5) is 0 Å². The molecule has 0 saturated heterocycles. The number of carbonyl (C=O) groups is 1. The summed E-state index contributed by atoms with van der Waals surface area (Å²) < 4.78 is 0.411. The molecule has 2 aromatic carbocycles. The first kappa shape index (κ1) is 29.4. The summed E-state index contributed by atoms with van der Waals surface area (Å²) in [4.78, 5) is 29.4. The number of halogens is 1. The van der Waals surface area contributed by atoms with Gasteiger partial charge in [-0.05, 0) is 17.7 Å². The Kier molecular flexibility index (Phi) is 9.80. The van der Waals surface area contributed by atoms with Crippen molar-refractivity contribution in [2.45, 2.75) is 45.7 Å². The number of aromatic amines is 1. The molecule has 0 saturated carbocycles. The van der Waals surface area contributed by atoms with E-state index in [1.807, 2.05) is 11.1 Å². The zero-order valence-electron chi connectivity index (χ0n) is 24.0. The van der Waals surface area contributed by atoms with E-state index >= 15 is 0 Å². The van der Waals surface area contributed by atoms with Gasteiger partial charge in [0, 0.05) is 18.8 Å². The van der Waals surface area contributed by atoms with Crippen LogP contribution in [-0.2, 0) is 17.8 Å². The molecule has 3 heterocycles. The standard InChI is InChI=1S/C34H38IN4O2/c1-4-27-20-29(33(37-27)26-13-6-23(7-14-26)10-15-32(41)35-3)28-16-17-36-34-30(28)21-31(38-34)25-11-8-24(9-12-25)22-39(5-2)18-19-40/h6-9,11-14,16-17,20-21,27,40H,4-5,10,15,18-19,22H2,1-3H3,(H,36,38)/q-1. The predicted molar refractivity (Wildman–Crippen MR) is 164 cm³/mol. The van der Waals surface area contributed by atoms with Gasteiger partial charge in [-0.2, -0.15) is 0 Å². The molecular weight excluding hydrogens is 623 g/mol. The number of aromatic nitrogens is 2. The zero-order valence-corrected chi connectivity index (χ0v) is 26.2. The number of aryl methyl sites for hydroxylation is 1. The molecule has 0 bridgehead atoms. The number of pyridine rings is 1. The number of benzene rings is 2. The Balaban J connectivity index is 1.42. The number of fused-ring (bicyclic) bond motifs is 1. The van der Waals surface area contributed by atoms with E-state index in [9.17, 15) is 9.90 Å². The minimum absolute atomic E-state index is 0.147. The van der Waals surface area contributed by atoms with E-state index in [-0.39, 0.29) is 33.9 Å². The van der Waals surface area contributed by atoms with Crippen LogP contribution in [0, 0.1) is 0 Å². The van der Waals surface area contributed by atoms with Crippen LogP contribution >= 0.6 is 0 Å². The second kappa shape index (κ2) is 13.7. The number of aliphatic imine (C=N–C) groups is 1. The average molecular weight is 662 g/mol. The fraction of sp³-hybridized carbons (Fsp3) is 0.324. The van der Waals surface area contributed by atoms with Gasteiger partial charge < -0.3 is 10.1 Å². The summed E-state index contributed by atoms with van der Waals surface area (Å²) in [5.74, 6) is 0. The molecule has 2 N–H and O–H groups in total. The summed E-state index contributed by atoms with van der Waals surface area (Å²) >= 11 is -0.326. The maximum absolute atomic E-state index is 11.8. The van der Waals surface area contributed by atoms with Gasteiger partial charge in [-0.25, -0.2) is 4.98 Å². The third kappa shape index (κ3) is 6.85. The number of aliphatic hydroxyl groups is 1. The van der Waals surface area contributed by atoms with Gasteiger partial charge in [-0.3, -0.25) is 4.90 Å². The maximum atomic E-state index is 11.8. The Morgan fingerprint density at radius 2 is 1.76 bits per heavy atom. The van der Waals surface area contributed by atoms with Gasteiger partial charge in [0.25, 0.3) is 0 Å². The van der Waals surface area contributed by atoms with Gasteiger partial charge in [0.15, 0.2) is 0 Å². The Bertz CT molecular complexity index is 1550. The number of rotatable bonds is 13. The summed E-state index contributed by atoms with van der Waals surface area (Å²) in [5, 5.41) is 10.4. The van der Waals surface area contributed by atoms with E-state index in [4.69, 9.17) is 4.99 Å². The van der Waals surface area contributed by atoms with Crippen LogP contribution in [0.2, 0.25) is 0 Å². The first-order chi connectivity index (χ1) is 20.0. The van der Waals surface area contributed by atoms with Crippen molar-refractivity contribution in [2.24, 2.45) is 4.99 Å². The summed E-state index contributed by atoms with van der Waals surface area (Å²) in [5.41, 5.74) is 9.83. The number of H-pyrrole nitrogens is 1. The number of carbonyl (C=O) groups excluding carboxylic acids is 1. The number of nitrogens with zero attached hydrogens (tertiary/aromatic N) is 3. The van der Waals surface area contributed by atoms with E-state index in [1.54, 1.807) is 0 Å². The van der Waals surface area contributed by atoms with Gasteiger partial charge in [-0.15, -0.1) is 0 Å². The molecule has 5 rings (SSSR count). The Morgan fingerprint density at radius 1 is 1.02 bits per heavy atom. The van der Waals surface area contributed by atoms with Gasteiger partial charge in [0.1, 0.15) is 0 Å². The fourth-order valence-corrected chi connectivity index (χ4v) is 6.13. The molecule has 1 atom stereocenters. The third-order valence-electron chi connectivity index (χ3n) is 7.73. The zero-order chi connectivity index (χ0) is 28.8. The van der Waals surface area contributed by atoms with Crippen LogP contribution in [0.5, 0.6) is 0 Å². The molecule has 0 radical (unpaired) electrons. The van der Waals surface area contributed by atoms with E-state index in [0.29, 0.717) is 16.8 Å². The van der Waals surface area contributed by atoms with Crippen molar-refractivity contribution in [3.05, 3.63) is 95.2 Å². The van der Waals surface area contributed by atoms with Crippen LogP contribution in [0.3, 0.4) is 0 Å². The van der Waals surface area contributed by atoms with Crippen LogP contribution in [0.1, 0.15) is 48.9 Å². The fourth-order valence-electron chi connectivity index (χ4n) is 5.32. The van der Waals surface area contributed by atoms with Crippen LogP contribution < -0.4 is 21.2 Å². The van der Waals surface area contributed by atoms with E-state index < -0.39 is 0 Å². The van der Waals surface area contributed by atoms with Crippen molar-refractivity contribution in [3.63, 3.8) is 0 Å². The molecule has 4 aromatic rings. The molecule has 0 fully saturated rings. The first-order valence-corrected chi connectivity index (χ1v) is 17.6. The van der Waals surface area contributed by atoms with Crippen molar-refractivity contribution in [2.75, 3.05) is 24.6 Å². The molecule has 41 heavy (non-hydrogen) atoms. The summed E-state index contributed by atoms with van der Waals surface area (Å²) in [6, 6.07) is 21.6. The quantitative estimate of drug-likeness (QED) is 0.131. The monoisotopic (exact) mass is 661 g/mol. The number of aliphatic hydroxyl groups excluding tert-OH is 1. The van der Waals surface area contributed by atoms with Crippen molar-refractivity contribution < 1.29 is 31.1 Å². The normalized spacial score (nSPS) is 15.1. The molecule has 2 aromatic heterocycles. The van der Waals surface area contributed by atoms with Crippen LogP contribution in [0.15, 0.2) is 77.9 Å². The van der Waals surface area contributed by atoms with Crippen LogP contribution in [-0.4, -0.2) is 60.1 Å². The molecule has 214 valence electrons. The number of nitrogens with one attached hydrogen (secondary N) is 1. The van der Waals surface area contributed by atoms with Crippen molar-refractivity contribution >= 4 is 26.1 Å². The van der Waals surface area contributed by atoms with E-state index in [0.717, 1.165) is 70.6 Å². The second-order valence-corrected chi connectivity index (χ2v) is 12.6. The molecule has 6 nitrogen and oxygen atoms in total. The number of hydrogen-bond acceptors (Lipinski definition) is 5. The Morgan fingerprint density at radius 3 is 2.44 bits per heavy atom. The molecular formula is C34H38IN4O2-. The Labute approximate surface area is 252 Å². The first-order valence-electron chi connectivity index (χ1n) is 14.3.